The summed E-state index contributed by atoms with van der Waals surface area (Å²) >= 11 is 3.18. The van der Waals surface area contributed by atoms with Crippen LogP contribution in [0, 0.1) is 0 Å². The molecule has 1 aromatic heterocycles. The summed E-state index contributed by atoms with van der Waals surface area (Å²) in [5.41, 5.74) is 1.35. The molecule has 2 aromatic rings. The SMILES string of the molecule is COc1cc(/C=N\NC(=O)[C@H](C)Nc2n[nH]c(=O)[nH]c2=O)cc(Br)c1O. The number of aromatic amines is 2. The highest BCUT2D eigenvalue weighted by Crippen LogP contribution is 2.34. The molecule has 138 valence electrons. The van der Waals surface area contributed by atoms with Crippen LogP contribution < -0.4 is 26.7 Å². The highest BCUT2D eigenvalue weighted by molar-refractivity contribution is 9.10. The first kappa shape index (κ1) is 19.2. The maximum Gasteiger partial charge on any atom is 0.342 e. The van der Waals surface area contributed by atoms with Crippen LogP contribution in [0.2, 0.25) is 0 Å². The van der Waals surface area contributed by atoms with Gasteiger partial charge in [0.25, 0.3) is 11.5 Å². The van der Waals surface area contributed by atoms with E-state index >= 15 is 0 Å². The Hall–Kier alpha value is -3.15. The molecule has 0 bridgehead atoms. The molecule has 5 N–H and O–H groups in total. The second-order valence-corrected chi connectivity index (χ2v) is 5.86. The number of carbonyl (C=O) groups is 1. The van der Waals surface area contributed by atoms with Crippen LogP contribution in [-0.4, -0.2) is 45.6 Å². The van der Waals surface area contributed by atoms with Crippen molar-refractivity contribution in [1.82, 2.24) is 20.6 Å². The van der Waals surface area contributed by atoms with Gasteiger partial charge in [0.1, 0.15) is 6.04 Å². The van der Waals surface area contributed by atoms with Gasteiger partial charge in [-0.05, 0) is 40.5 Å². The molecule has 0 aliphatic rings. The number of aromatic nitrogens is 3. The molecule has 1 atom stereocenters. The summed E-state index contributed by atoms with van der Waals surface area (Å²) in [6.45, 7) is 1.48. The van der Waals surface area contributed by atoms with Crippen molar-refractivity contribution in [3.63, 3.8) is 0 Å². The predicted molar refractivity (Wildman–Crippen MR) is 96.7 cm³/mol. The number of nitrogens with one attached hydrogen (secondary N) is 4. The Morgan fingerprint density at radius 2 is 2.19 bits per heavy atom. The number of nitrogens with zero attached hydrogens (tertiary/aromatic N) is 2. The van der Waals surface area contributed by atoms with Gasteiger partial charge in [-0.15, -0.1) is 5.10 Å². The van der Waals surface area contributed by atoms with Crippen LogP contribution in [0.4, 0.5) is 5.82 Å². The summed E-state index contributed by atoms with van der Waals surface area (Å²) in [5.74, 6) is -0.558. The van der Waals surface area contributed by atoms with Gasteiger partial charge in [-0.3, -0.25) is 14.6 Å². The van der Waals surface area contributed by atoms with Gasteiger partial charge < -0.3 is 15.2 Å². The number of phenolic OH excluding ortho intramolecular Hbond substituents is 1. The number of rotatable bonds is 6. The first-order valence-electron chi connectivity index (χ1n) is 7.16. The fourth-order valence-corrected chi connectivity index (χ4v) is 2.27. The van der Waals surface area contributed by atoms with Crippen molar-refractivity contribution in [3.8, 4) is 11.5 Å². The third-order valence-corrected chi connectivity index (χ3v) is 3.72. The summed E-state index contributed by atoms with van der Waals surface area (Å²) in [5, 5.41) is 21.6. The summed E-state index contributed by atoms with van der Waals surface area (Å²) in [6, 6.07) is 2.26. The minimum atomic E-state index is -0.854. The lowest BCUT2D eigenvalue weighted by atomic mass is 10.2. The van der Waals surface area contributed by atoms with Crippen LogP contribution in [-0.2, 0) is 4.79 Å². The van der Waals surface area contributed by atoms with E-state index < -0.39 is 23.2 Å². The molecule has 1 amide bonds. The molecule has 2 rings (SSSR count). The van der Waals surface area contributed by atoms with Crippen molar-refractivity contribution < 1.29 is 14.6 Å². The quantitative estimate of drug-likeness (QED) is 0.317. The van der Waals surface area contributed by atoms with Crippen molar-refractivity contribution >= 4 is 33.9 Å². The largest absolute Gasteiger partial charge is 0.503 e. The standard InChI is InChI=1S/C14H15BrN6O5/c1-6(17-11-13(24)18-14(25)21-19-11)12(23)20-16-5-7-3-8(15)10(22)9(4-7)26-2/h3-6,22H,1-2H3,(H,17,19)(H,20,23)(H2,18,21,24,25)/b16-5-/t6-/m0/s1. The molecule has 1 aromatic carbocycles. The zero-order chi connectivity index (χ0) is 19.3. The van der Waals surface area contributed by atoms with E-state index in [9.17, 15) is 19.5 Å². The second-order valence-electron chi connectivity index (χ2n) is 5.01. The van der Waals surface area contributed by atoms with E-state index in [-0.39, 0.29) is 17.3 Å². The first-order valence-corrected chi connectivity index (χ1v) is 7.96. The maximum absolute atomic E-state index is 12.0. The lowest BCUT2D eigenvalue weighted by Crippen LogP contribution is -2.38. The molecule has 0 saturated heterocycles. The number of hydrogen-bond donors (Lipinski definition) is 5. The second kappa shape index (κ2) is 8.29. The number of methoxy groups -OCH3 is 1. The average molecular weight is 427 g/mol. The molecule has 0 radical (unpaired) electrons. The lowest BCUT2D eigenvalue weighted by Gasteiger charge is -2.11. The Balaban J connectivity index is 2.01. The number of carbonyl (C=O) groups excluding carboxylic acids is 1. The Morgan fingerprint density at radius 3 is 2.85 bits per heavy atom. The smallest absolute Gasteiger partial charge is 0.342 e. The highest BCUT2D eigenvalue weighted by Gasteiger charge is 2.14. The van der Waals surface area contributed by atoms with Crippen molar-refractivity contribution in [2.24, 2.45) is 5.10 Å². The number of hydrogen-bond acceptors (Lipinski definition) is 8. The molecule has 0 saturated carbocycles. The molecular formula is C14H15BrN6O5. The Kier molecular flexibility index (Phi) is 6.11. The van der Waals surface area contributed by atoms with E-state index in [1.165, 1.54) is 26.3 Å². The molecule has 0 unspecified atom stereocenters. The van der Waals surface area contributed by atoms with Crippen LogP contribution in [0.3, 0.4) is 0 Å². The number of amides is 1. The van der Waals surface area contributed by atoms with Gasteiger partial charge in [-0.2, -0.15) is 5.10 Å². The number of ether oxygens (including phenoxy) is 1. The van der Waals surface area contributed by atoms with Gasteiger partial charge in [0.2, 0.25) is 5.82 Å². The zero-order valence-corrected chi connectivity index (χ0v) is 15.2. The third kappa shape index (κ3) is 4.69. The molecule has 0 spiro atoms. The Morgan fingerprint density at radius 1 is 1.46 bits per heavy atom. The predicted octanol–water partition coefficient (Wildman–Crippen LogP) is -0.114. The summed E-state index contributed by atoms with van der Waals surface area (Å²) in [6.07, 6.45) is 1.35. The Labute approximate surface area is 154 Å². The zero-order valence-electron chi connectivity index (χ0n) is 13.7. The van der Waals surface area contributed by atoms with E-state index in [0.717, 1.165) is 0 Å². The normalized spacial score (nSPS) is 12.0. The van der Waals surface area contributed by atoms with Gasteiger partial charge >= 0.3 is 5.69 Å². The fraction of sp³-hybridized carbons (Fsp3) is 0.214. The maximum atomic E-state index is 12.0. The number of hydrazone groups is 1. The Bertz CT molecular complexity index is 954. The van der Waals surface area contributed by atoms with E-state index in [2.05, 4.69) is 36.9 Å². The molecule has 0 aliphatic heterocycles. The van der Waals surface area contributed by atoms with Crippen molar-refractivity contribution in [2.75, 3.05) is 12.4 Å². The van der Waals surface area contributed by atoms with E-state index in [1.807, 2.05) is 10.1 Å². The molecule has 12 heteroatoms. The lowest BCUT2D eigenvalue weighted by molar-refractivity contribution is -0.121. The average Bonchev–Trinajstić information content (AvgIpc) is 2.60. The van der Waals surface area contributed by atoms with Crippen molar-refractivity contribution in [2.45, 2.75) is 13.0 Å². The highest BCUT2D eigenvalue weighted by atomic mass is 79.9. The van der Waals surface area contributed by atoms with Gasteiger partial charge in [0.15, 0.2) is 11.5 Å². The number of phenols is 1. The van der Waals surface area contributed by atoms with Crippen LogP contribution in [0.1, 0.15) is 12.5 Å². The van der Waals surface area contributed by atoms with Crippen LogP contribution in [0.15, 0.2) is 31.3 Å². The first-order chi connectivity index (χ1) is 12.3. The minimum absolute atomic E-state index is 0.0508. The topological polar surface area (TPSA) is 162 Å². The monoisotopic (exact) mass is 426 g/mol. The fourth-order valence-electron chi connectivity index (χ4n) is 1.81. The number of benzene rings is 1. The van der Waals surface area contributed by atoms with Crippen LogP contribution >= 0.6 is 15.9 Å². The van der Waals surface area contributed by atoms with Crippen molar-refractivity contribution in [3.05, 3.63) is 43.0 Å². The van der Waals surface area contributed by atoms with Crippen molar-refractivity contribution in [1.29, 1.82) is 0 Å². The number of halogens is 1. The van der Waals surface area contributed by atoms with Crippen LogP contribution in [0.5, 0.6) is 11.5 Å². The third-order valence-electron chi connectivity index (χ3n) is 3.12. The molecular weight excluding hydrogens is 412 g/mol. The number of anilines is 1. The molecule has 0 aliphatic carbocycles. The van der Waals surface area contributed by atoms with Crippen LogP contribution in [0.25, 0.3) is 0 Å². The van der Waals surface area contributed by atoms with Gasteiger partial charge in [-0.1, -0.05) is 0 Å². The van der Waals surface area contributed by atoms with E-state index in [0.29, 0.717) is 10.0 Å². The summed E-state index contributed by atoms with van der Waals surface area (Å²) in [4.78, 5) is 36.4. The molecule has 0 fully saturated rings. The summed E-state index contributed by atoms with van der Waals surface area (Å²) < 4.78 is 5.42. The number of aromatic hydroxyl groups is 1. The molecule has 26 heavy (non-hydrogen) atoms. The van der Waals surface area contributed by atoms with Gasteiger partial charge in [-0.25, -0.2) is 15.3 Å². The molecule has 1 heterocycles. The van der Waals surface area contributed by atoms with E-state index in [1.54, 1.807) is 6.07 Å². The molecule has 11 nitrogen and oxygen atoms in total. The van der Waals surface area contributed by atoms with Gasteiger partial charge in [0.05, 0.1) is 17.8 Å². The summed E-state index contributed by atoms with van der Waals surface area (Å²) in [7, 11) is 1.41. The van der Waals surface area contributed by atoms with Gasteiger partial charge in [0, 0.05) is 0 Å². The number of H-pyrrole nitrogens is 2. The minimum Gasteiger partial charge on any atom is -0.503 e. The van der Waals surface area contributed by atoms with E-state index in [4.69, 9.17) is 4.74 Å².